The summed E-state index contributed by atoms with van der Waals surface area (Å²) >= 11 is 0. The number of nitrogens with zero attached hydrogens (tertiary/aromatic N) is 2. The zero-order valence-corrected chi connectivity index (χ0v) is 10.00. The number of para-hydroxylation sites is 1. The largest absolute Gasteiger partial charge is 0.494 e. The summed E-state index contributed by atoms with van der Waals surface area (Å²) in [4.78, 5) is 8.94. The molecule has 0 aliphatic rings. The molecule has 0 saturated heterocycles. The standard InChI is InChI=1S/C15H12N2O/c1-18-14-7-4-5-11-8-9-13(17-15(11)14)12-6-2-3-10-16-12/h2-10H,1H3. The maximum absolute atomic E-state index is 5.34. The Morgan fingerprint density at radius 3 is 2.61 bits per heavy atom. The van der Waals surface area contributed by atoms with E-state index in [-0.39, 0.29) is 0 Å². The number of aromatic nitrogens is 2. The van der Waals surface area contributed by atoms with Crippen LogP contribution in [-0.2, 0) is 0 Å². The Balaban J connectivity index is 2.22. The molecule has 2 heterocycles. The zero-order chi connectivity index (χ0) is 12.4. The minimum absolute atomic E-state index is 0.783. The summed E-state index contributed by atoms with van der Waals surface area (Å²) < 4.78 is 5.34. The van der Waals surface area contributed by atoms with E-state index in [0.29, 0.717) is 0 Å². The minimum atomic E-state index is 0.783. The monoisotopic (exact) mass is 236 g/mol. The van der Waals surface area contributed by atoms with Crippen LogP contribution in [0.15, 0.2) is 54.7 Å². The molecule has 88 valence electrons. The first kappa shape index (κ1) is 10.7. The van der Waals surface area contributed by atoms with Gasteiger partial charge in [0.15, 0.2) is 0 Å². The predicted octanol–water partition coefficient (Wildman–Crippen LogP) is 3.31. The van der Waals surface area contributed by atoms with Gasteiger partial charge in [0, 0.05) is 11.6 Å². The van der Waals surface area contributed by atoms with Gasteiger partial charge in [-0.1, -0.05) is 24.3 Å². The molecule has 0 amide bonds. The van der Waals surface area contributed by atoms with Crippen molar-refractivity contribution in [3.8, 4) is 17.1 Å². The Morgan fingerprint density at radius 1 is 0.889 bits per heavy atom. The van der Waals surface area contributed by atoms with Gasteiger partial charge in [0.2, 0.25) is 0 Å². The van der Waals surface area contributed by atoms with Gasteiger partial charge >= 0.3 is 0 Å². The van der Waals surface area contributed by atoms with Crippen LogP contribution in [0.5, 0.6) is 5.75 Å². The van der Waals surface area contributed by atoms with E-state index >= 15 is 0 Å². The third-order valence-corrected chi connectivity index (χ3v) is 2.83. The highest BCUT2D eigenvalue weighted by Gasteiger charge is 2.05. The number of fused-ring (bicyclic) bond motifs is 1. The number of benzene rings is 1. The van der Waals surface area contributed by atoms with Crippen molar-refractivity contribution in [3.63, 3.8) is 0 Å². The molecule has 0 saturated carbocycles. The van der Waals surface area contributed by atoms with Gasteiger partial charge in [-0.3, -0.25) is 4.98 Å². The van der Waals surface area contributed by atoms with Gasteiger partial charge in [-0.15, -0.1) is 0 Å². The SMILES string of the molecule is COc1cccc2ccc(-c3ccccn3)nc12. The van der Waals surface area contributed by atoms with Crippen LogP contribution in [0.2, 0.25) is 0 Å². The van der Waals surface area contributed by atoms with E-state index in [0.717, 1.165) is 28.0 Å². The van der Waals surface area contributed by atoms with Gasteiger partial charge in [0.1, 0.15) is 11.3 Å². The number of hydrogen-bond donors (Lipinski definition) is 0. The Hall–Kier alpha value is -2.42. The molecule has 3 nitrogen and oxygen atoms in total. The first-order chi connectivity index (χ1) is 8.88. The van der Waals surface area contributed by atoms with E-state index in [1.165, 1.54) is 0 Å². The second-order valence-corrected chi connectivity index (χ2v) is 3.94. The Morgan fingerprint density at radius 2 is 1.83 bits per heavy atom. The molecule has 0 radical (unpaired) electrons. The van der Waals surface area contributed by atoms with E-state index < -0.39 is 0 Å². The van der Waals surface area contributed by atoms with E-state index in [1.54, 1.807) is 13.3 Å². The van der Waals surface area contributed by atoms with Gasteiger partial charge < -0.3 is 4.74 Å². The highest BCUT2D eigenvalue weighted by atomic mass is 16.5. The molecule has 3 rings (SSSR count). The molecular weight excluding hydrogens is 224 g/mol. The van der Waals surface area contributed by atoms with Crippen LogP contribution in [0.4, 0.5) is 0 Å². The highest BCUT2D eigenvalue weighted by Crippen LogP contribution is 2.26. The van der Waals surface area contributed by atoms with Crippen LogP contribution < -0.4 is 4.74 Å². The molecule has 18 heavy (non-hydrogen) atoms. The fourth-order valence-corrected chi connectivity index (χ4v) is 1.94. The second-order valence-electron chi connectivity index (χ2n) is 3.94. The van der Waals surface area contributed by atoms with Gasteiger partial charge in [0.25, 0.3) is 0 Å². The minimum Gasteiger partial charge on any atom is -0.494 e. The summed E-state index contributed by atoms with van der Waals surface area (Å²) in [5, 5.41) is 1.06. The lowest BCUT2D eigenvalue weighted by Gasteiger charge is -2.06. The fourth-order valence-electron chi connectivity index (χ4n) is 1.94. The number of ether oxygens (including phenoxy) is 1. The van der Waals surface area contributed by atoms with E-state index in [9.17, 15) is 0 Å². The zero-order valence-electron chi connectivity index (χ0n) is 10.00. The molecule has 0 fully saturated rings. The first-order valence-corrected chi connectivity index (χ1v) is 5.73. The number of hydrogen-bond acceptors (Lipinski definition) is 3. The summed E-state index contributed by atoms with van der Waals surface area (Å²) in [5.41, 5.74) is 2.58. The Bertz CT molecular complexity index is 680. The van der Waals surface area contributed by atoms with Gasteiger partial charge in [0.05, 0.1) is 18.5 Å². The van der Waals surface area contributed by atoms with Crippen molar-refractivity contribution in [2.24, 2.45) is 0 Å². The van der Waals surface area contributed by atoms with Crippen LogP contribution in [0.25, 0.3) is 22.3 Å². The molecule has 3 heteroatoms. The first-order valence-electron chi connectivity index (χ1n) is 5.73. The summed E-state index contributed by atoms with van der Waals surface area (Å²) in [6.45, 7) is 0. The normalized spacial score (nSPS) is 10.5. The molecule has 0 atom stereocenters. The van der Waals surface area contributed by atoms with Crippen molar-refractivity contribution in [1.82, 2.24) is 9.97 Å². The average molecular weight is 236 g/mol. The lowest BCUT2D eigenvalue weighted by atomic mass is 10.1. The van der Waals surface area contributed by atoms with Gasteiger partial charge in [-0.05, 0) is 24.3 Å². The van der Waals surface area contributed by atoms with Crippen LogP contribution in [0.3, 0.4) is 0 Å². The molecule has 2 aromatic heterocycles. The topological polar surface area (TPSA) is 35.0 Å². The van der Waals surface area contributed by atoms with Crippen LogP contribution in [0.1, 0.15) is 0 Å². The third-order valence-electron chi connectivity index (χ3n) is 2.83. The lowest BCUT2D eigenvalue weighted by molar-refractivity contribution is 0.419. The predicted molar refractivity (Wildman–Crippen MR) is 71.5 cm³/mol. The number of methoxy groups -OCH3 is 1. The number of pyridine rings is 2. The van der Waals surface area contributed by atoms with Gasteiger partial charge in [-0.25, -0.2) is 4.98 Å². The van der Waals surface area contributed by atoms with Crippen molar-refractivity contribution < 1.29 is 4.74 Å². The van der Waals surface area contributed by atoms with Crippen molar-refractivity contribution >= 4 is 10.9 Å². The van der Waals surface area contributed by atoms with E-state index in [1.807, 2.05) is 48.5 Å². The molecule has 0 bridgehead atoms. The quantitative estimate of drug-likeness (QED) is 0.684. The molecular formula is C15H12N2O. The lowest BCUT2D eigenvalue weighted by Crippen LogP contribution is -1.91. The van der Waals surface area contributed by atoms with Crippen molar-refractivity contribution in [3.05, 3.63) is 54.7 Å². The van der Waals surface area contributed by atoms with E-state index in [2.05, 4.69) is 9.97 Å². The molecule has 0 aliphatic carbocycles. The molecule has 0 N–H and O–H groups in total. The number of rotatable bonds is 2. The highest BCUT2D eigenvalue weighted by molar-refractivity contribution is 5.86. The molecule has 0 spiro atoms. The Kier molecular flexibility index (Phi) is 2.65. The Labute approximate surface area is 105 Å². The maximum Gasteiger partial charge on any atom is 0.145 e. The molecule has 0 unspecified atom stereocenters. The van der Waals surface area contributed by atoms with Crippen molar-refractivity contribution in [2.75, 3.05) is 7.11 Å². The summed E-state index contributed by atoms with van der Waals surface area (Å²) in [6.07, 6.45) is 1.77. The smallest absolute Gasteiger partial charge is 0.145 e. The van der Waals surface area contributed by atoms with Crippen LogP contribution in [-0.4, -0.2) is 17.1 Å². The molecule has 3 aromatic rings. The molecule has 0 aliphatic heterocycles. The average Bonchev–Trinajstić information content (AvgIpc) is 2.47. The van der Waals surface area contributed by atoms with E-state index in [4.69, 9.17) is 4.74 Å². The van der Waals surface area contributed by atoms with Crippen LogP contribution in [0, 0.1) is 0 Å². The van der Waals surface area contributed by atoms with Crippen molar-refractivity contribution in [2.45, 2.75) is 0 Å². The summed E-state index contributed by atoms with van der Waals surface area (Å²) in [6, 6.07) is 15.7. The van der Waals surface area contributed by atoms with Crippen LogP contribution >= 0.6 is 0 Å². The fraction of sp³-hybridized carbons (Fsp3) is 0.0667. The third kappa shape index (κ3) is 1.80. The maximum atomic E-state index is 5.34. The summed E-state index contributed by atoms with van der Waals surface area (Å²) in [7, 11) is 1.66. The second kappa shape index (κ2) is 4.45. The van der Waals surface area contributed by atoms with Crippen molar-refractivity contribution in [1.29, 1.82) is 0 Å². The summed E-state index contributed by atoms with van der Waals surface area (Å²) in [5.74, 6) is 0.783. The van der Waals surface area contributed by atoms with Gasteiger partial charge in [-0.2, -0.15) is 0 Å². The molecule has 1 aromatic carbocycles.